The van der Waals surface area contributed by atoms with Crippen molar-refractivity contribution in [2.75, 3.05) is 18.2 Å². The summed E-state index contributed by atoms with van der Waals surface area (Å²) in [6.07, 6.45) is 0. The third kappa shape index (κ3) is 3.87. The number of anilines is 2. The summed E-state index contributed by atoms with van der Waals surface area (Å²) in [7, 11) is 1.62. The van der Waals surface area contributed by atoms with Crippen LogP contribution < -0.4 is 15.8 Å². The molecule has 0 atom stereocenters. The summed E-state index contributed by atoms with van der Waals surface area (Å²) in [4.78, 5) is 18.5. The molecule has 0 aliphatic carbocycles. The Balaban J connectivity index is 1.66. The lowest BCUT2D eigenvalue weighted by Crippen LogP contribution is -2.12. The maximum Gasteiger partial charge on any atom is 0.267 e. The van der Waals surface area contributed by atoms with E-state index in [4.69, 9.17) is 33.7 Å². The molecule has 0 aliphatic heterocycles. The van der Waals surface area contributed by atoms with Gasteiger partial charge < -0.3 is 15.8 Å². The SMILES string of the molecule is COc1ccc(-c2ccc3c(N)c(C(=O)Nc4ccc(Cl)cc4Cl)sc3n2)cc1. The van der Waals surface area contributed by atoms with E-state index < -0.39 is 0 Å². The molecule has 0 aliphatic rings. The molecule has 4 rings (SSSR count). The lowest BCUT2D eigenvalue weighted by Gasteiger charge is -2.06. The largest absolute Gasteiger partial charge is 0.497 e. The van der Waals surface area contributed by atoms with Gasteiger partial charge in [-0.05, 0) is 54.6 Å². The highest BCUT2D eigenvalue weighted by atomic mass is 35.5. The highest BCUT2D eigenvalue weighted by Crippen LogP contribution is 2.35. The maximum atomic E-state index is 12.8. The first-order valence-corrected chi connectivity index (χ1v) is 10.1. The summed E-state index contributed by atoms with van der Waals surface area (Å²) in [5.41, 5.74) is 8.80. The van der Waals surface area contributed by atoms with Crippen LogP contribution in [0.25, 0.3) is 21.5 Å². The van der Waals surface area contributed by atoms with E-state index in [2.05, 4.69) is 10.3 Å². The number of carbonyl (C=O) groups is 1. The number of hydrogen-bond acceptors (Lipinski definition) is 5. The zero-order chi connectivity index (χ0) is 20.5. The number of nitrogens with zero attached hydrogens (tertiary/aromatic N) is 1. The van der Waals surface area contributed by atoms with E-state index in [1.54, 1.807) is 25.3 Å². The first kappa shape index (κ1) is 19.5. The fraction of sp³-hybridized carbons (Fsp3) is 0.0476. The summed E-state index contributed by atoms with van der Waals surface area (Å²) < 4.78 is 5.19. The van der Waals surface area contributed by atoms with Crippen molar-refractivity contribution in [2.24, 2.45) is 0 Å². The Morgan fingerprint density at radius 3 is 2.55 bits per heavy atom. The molecule has 4 aromatic rings. The monoisotopic (exact) mass is 443 g/mol. The normalized spacial score (nSPS) is 10.9. The molecular formula is C21H15Cl2N3O2S. The molecule has 0 radical (unpaired) electrons. The van der Waals surface area contributed by atoms with Crippen molar-refractivity contribution in [1.29, 1.82) is 0 Å². The van der Waals surface area contributed by atoms with Crippen molar-refractivity contribution in [2.45, 2.75) is 0 Å². The van der Waals surface area contributed by atoms with Crippen LogP contribution in [0.4, 0.5) is 11.4 Å². The van der Waals surface area contributed by atoms with E-state index in [-0.39, 0.29) is 5.91 Å². The Bertz CT molecular complexity index is 1220. The molecule has 0 saturated heterocycles. The average molecular weight is 444 g/mol. The van der Waals surface area contributed by atoms with E-state index in [1.807, 2.05) is 36.4 Å². The first-order valence-electron chi connectivity index (χ1n) is 8.56. The summed E-state index contributed by atoms with van der Waals surface area (Å²) in [5.74, 6) is 0.427. The molecule has 3 N–H and O–H groups in total. The van der Waals surface area contributed by atoms with Crippen LogP contribution >= 0.6 is 34.5 Å². The number of rotatable bonds is 4. The third-order valence-electron chi connectivity index (χ3n) is 4.37. The number of benzene rings is 2. The molecule has 0 unspecified atom stereocenters. The summed E-state index contributed by atoms with van der Waals surface area (Å²) in [5, 5.41) is 4.35. The maximum absolute atomic E-state index is 12.8. The number of pyridine rings is 1. The van der Waals surface area contributed by atoms with Crippen molar-refractivity contribution < 1.29 is 9.53 Å². The van der Waals surface area contributed by atoms with Crippen LogP contribution in [0, 0.1) is 0 Å². The number of ether oxygens (including phenoxy) is 1. The number of nitrogens with two attached hydrogens (primary N) is 1. The molecule has 29 heavy (non-hydrogen) atoms. The molecule has 0 saturated carbocycles. The van der Waals surface area contributed by atoms with Crippen LogP contribution in [-0.4, -0.2) is 18.0 Å². The number of methoxy groups -OCH3 is 1. The summed E-state index contributed by atoms with van der Waals surface area (Å²) >= 11 is 13.3. The number of amides is 1. The zero-order valence-electron chi connectivity index (χ0n) is 15.2. The van der Waals surface area contributed by atoms with Gasteiger partial charge in [-0.25, -0.2) is 4.98 Å². The van der Waals surface area contributed by atoms with Crippen LogP contribution in [0.2, 0.25) is 10.0 Å². The van der Waals surface area contributed by atoms with Crippen molar-refractivity contribution in [3.8, 4) is 17.0 Å². The van der Waals surface area contributed by atoms with Gasteiger partial charge in [0.1, 0.15) is 15.5 Å². The topological polar surface area (TPSA) is 77.2 Å². The predicted molar refractivity (Wildman–Crippen MR) is 120 cm³/mol. The molecule has 5 nitrogen and oxygen atoms in total. The van der Waals surface area contributed by atoms with Crippen molar-refractivity contribution in [3.05, 3.63) is 69.5 Å². The van der Waals surface area contributed by atoms with Gasteiger partial charge in [0.05, 0.1) is 29.2 Å². The van der Waals surface area contributed by atoms with Crippen LogP contribution in [-0.2, 0) is 0 Å². The van der Waals surface area contributed by atoms with Gasteiger partial charge in [0.2, 0.25) is 0 Å². The predicted octanol–water partition coefficient (Wildman–Crippen LogP) is 6.11. The third-order valence-corrected chi connectivity index (χ3v) is 6.03. The molecule has 2 heterocycles. The number of fused-ring (bicyclic) bond motifs is 1. The van der Waals surface area contributed by atoms with Crippen LogP contribution in [0.15, 0.2) is 54.6 Å². The number of carbonyl (C=O) groups excluding carboxylic acids is 1. The fourth-order valence-electron chi connectivity index (χ4n) is 2.86. The number of halogens is 2. The Morgan fingerprint density at radius 1 is 1.10 bits per heavy atom. The number of hydrogen-bond donors (Lipinski definition) is 2. The van der Waals surface area contributed by atoms with Gasteiger partial charge in [-0.1, -0.05) is 23.2 Å². The van der Waals surface area contributed by atoms with E-state index in [0.29, 0.717) is 31.1 Å². The lowest BCUT2D eigenvalue weighted by molar-refractivity contribution is 0.103. The van der Waals surface area contributed by atoms with E-state index in [9.17, 15) is 4.79 Å². The van der Waals surface area contributed by atoms with Gasteiger partial charge in [-0.2, -0.15) is 0 Å². The van der Waals surface area contributed by atoms with Gasteiger partial charge >= 0.3 is 0 Å². The second-order valence-corrected chi connectivity index (χ2v) is 8.04. The van der Waals surface area contributed by atoms with E-state index in [1.165, 1.54) is 11.3 Å². The van der Waals surface area contributed by atoms with E-state index >= 15 is 0 Å². The smallest absolute Gasteiger partial charge is 0.267 e. The second-order valence-electron chi connectivity index (χ2n) is 6.20. The molecule has 2 aromatic heterocycles. The van der Waals surface area contributed by atoms with Crippen molar-refractivity contribution in [3.63, 3.8) is 0 Å². The second kappa shape index (κ2) is 7.91. The summed E-state index contributed by atoms with van der Waals surface area (Å²) in [6, 6.07) is 16.2. The van der Waals surface area contributed by atoms with Gasteiger partial charge in [-0.15, -0.1) is 11.3 Å². The molecule has 0 spiro atoms. The zero-order valence-corrected chi connectivity index (χ0v) is 17.5. The first-order chi connectivity index (χ1) is 14.0. The Morgan fingerprint density at radius 2 is 1.86 bits per heavy atom. The minimum Gasteiger partial charge on any atom is -0.497 e. The molecule has 0 fully saturated rings. The highest BCUT2D eigenvalue weighted by Gasteiger charge is 2.19. The minimum absolute atomic E-state index is 0.347. The molecular weight excluding hydrogens is 429 g/mol. The number of nitrogen functional groups attached to an aromatic ring is 1. The number of nitrogens with one attached hydrogen (secondary N) is 1. The van der Waals surface area contributed by atoms with Crippen molar-refractivity contribution >= 4 is 62.0 Å². The molecule has 0 bridgehead atoms. The van der Waals surface area contributed by atoms with Gasteiger partial charge in [0, 0.05) is 16.0 Å². The van der Waals surface area contributed by atoms with Crippen LogP contribution in [0.1, 0.15) is 9.67 Å². The number of thiophene rings is 1. The van der Waals surface area contributed by atoms with Gasteiger partial charge in [0.15, 0.2) is 0 Å². The Hall–Kier alpha value is -2.80. The minimum atomic E-state index is -0.347. The Labute approximate surface area is 181 Å². The molecule has 146 valence electrons. The molecule has 1 amide bonds. The summed E-state index contributed by atoms with van der Waals surface area (Å²) in [6.45, 7) is 0. The van der Waals surface area contributed by atoms with Gasteiger partial charge in [0.25, 0.3) is 5.91 Å². The van der Waals surface area contributed by atoms with Crippen LogP contribution in [0.5, 0.6) is 5.75 Å². The average Bonchev–Trinajstić information content (AvgIpc) is 3.06. The number of aromatic nitrogens is 1. The van der Waals surface area contributed by atoms with Crippen LogP contribution in [0.3, 0.4) is 0 Å². The lowest BCUT2D eigenvalue weighted by atomic mass is 10.1. The Kier molecular flexibility index (Phi) is 5.32. The quantitative estimate of drug-likeness (QED) is 0.398. The van der Waals surface area contributed by atoms with E-state index in [0.717, 1.165) is 22.4 Å². The molecule has 2 aromatic carbocycles. The molecule has 8 heteroatoms. The van der Waals surface area contributed by atoms with Gasteiger partial charge in [-0.3, -0.25) is 4.79 Å². The van der Waals surface area contributed by atoms with Crippen molar-refractivity contribution in [1.82, 2.24) is 4.98 Å². The standard InChI is InChI=1S/C21H15Cl2N3O2S/c1-28-13-5-2-11(3-6-13)16-9-7-14-18(24)19(29-21(14)26-16)20(27)25-17-8-4-12(22)10-15(17)23/h2-10H,24H2,1H3,(H,25,27). The highest BCUT2D eigenvalue weighted by molar-refractivity contribution is 7.21. The fourth-order valence-corrected chi connectivity index (χ4v) is 4.30.